The van der Waals surface area contributed by atoms with E-state index in [0.29, 0.717) is 12.8 Å². The van der Waals surface area contributed by atoms with Gasteiger partial charge in [-0.15, -0.1) is 0 Å². The molecule has 244 valence electrons. The second-order valence-corrected chi connectivity index (χ2v) is 12.5. The van der Waals surface area contributed by atoms with Crippen LogP contribution in [-0.2, 0) is 15.0 Å². The standard InChI is InChI=1S/C21H28N2O.C16H17N3O.C2H6/c1-15(13-14-24)23-20-18(7-6-8-19(20)22-5)16-9-11-17(12-10-16)21(2,3)4;1-10-8-12(6-7-17-10)13-4-3-5-14-16(13)18-11(2)9-15(20)19-14;1-2/h6-12,14-15,22-23H,13H2,1-5H3;3-8,11,18H,9H2,1-2H3,(H,19,20);1-2H3/t15-;11-;/m11./s1. The maximum atomic E-state index is 11.8. The van der Waals surface area contributed by atoms with E-state index in [-0.39, 0.29) is 23.4 Å². The first-order valence-corrected chi connectivity index (χ1v) is 16.2. The summed E-state index contributed by atoms with van der Waals surface area (Å²) in [4.78, 5) is 26.8. The molecular weight excluding hydrogens is 570 g/mol. The van der Waals surface area contributed by atoms with E-state index < -0.39 is 0 Å². The van der Waals surface area contributed by atoms with Crippen LogP contribution in [0.25, 0.3) is 22.3 Å². The predicted molar refractivity (Wildman–Crippen MR) is 196 cm³/mol. The van der Waals surface area contributed by atoms with E-state index in [0.717, 1.165) is 51.4 Å². The Bertz CT molecular complexity index is 1590. The van der Waals surface area contributed by atoms with E-state index >= 15 is 0 Å². The van der Waals surface area contributed by atoms with Gasteiger partial charge in [0.1, 0.15) is 6.29 Å². The summed E-state index contributed by atoms with van der Waals surface area (Å²) in [6.45, 7) is 16.7. The molecule has 3 aromatic carbocycles. The van der Waals surface area contributed by atoms with Crippen LogP contribution in [0.1, 0.15) is 72.6 Å². The van der Waals surface area contributed by atoms with Gasteiger partial charge >= 0.3 is 0 Å². The molecule has 0 unspecified atom stereocenters. The summed E-state index contributed by atoms with van der Waals surface area (Å²) < 4.78 is 0. The third kappa shape index (κ3) is 9.43. The number of aryl methyl sites for hydroxylation is 1. The minimum absolute atomic E-state index is 0.0480. The second-order valence-electron chi connectivity index (χ2n) is 12.5. The van der Waals surface area contributed by atoms with E-state index in [2.05, 4.69) is 95.6 Å². The Hall–Kier alpha value is -4.65. The zero-order valence-electron chi connectivity index (χ0n) is 28.9. The molecule has 5 rings (SSSR count). The van der Waals surface area contributed by atoms with Crippen LogP contribution in [0.4, 0.5) is 22.7 Å². The highest BCUT2D eigenvalue weighted by Crippen LogP contribution is 2.37. The molecule has 1 amide bonds. The fourth-order valence-electron chi connectivity index (χ4n) is 5.30. The van der Waals surface area contributed by atoms with Gasteiger partial charge in [0.15, 0.2) is 0 Å². The van der Waals surface area contributed by atoms with Gasteiger partial charge in [-0.2, -0.15) is 0 Å². The van der Waals surface area contributed by atoms with Crippen molar-refractivity contribution in [3.63, 3.8) is 0 Å². The predicted octanol–water partition coefficient (Wildman–Crippen LogP) is 9.31. The molecule has 4 N–H and O–H groups in total. The monoisotopic (exact) mass is 621 g/mol. The topological polar surface area (TPSA) is 95.1 Å². The van der Waals surface area contributed by atoms with Crippen molar-refractivity contribution in [2.45, 2.75) is 85.7 Å². The summed E-state index contributed by atoms with van der Waals surface area (Å²) in [5, 5.41) is 13.1. The highest BCUT2D eigenvalue weighted by molar-refractivity contribution is 6.00. The molecule has 4 aromatic rings. The van der Waals surface area contributed by atoms with Crippen LogP contribution in [0.15, 0.2) is 79.0 Å². The Morgan fingerprint density at radius 2 is 1.65 bits per heavy atom. The number of fused-ring (bicyclic) bond motifs is 1. The van der Waals surface area contributed by atoms with Crippen LogP contribution in [0, 0.1) is 6.92 Å². The maximum absolute atomic E-state index is 11.8. The number of aldehydes is 1. The number of benzene rings is 3. The number of para-hydroxylation sites is 2. The molecule has 1 aromatic heterocycles. The number of hydrogen-bond acceptors (Lipinski definition) is 6. The Morgan fingerprint density at radius 1 is 0.978 bits per heavy atom. The first-order chi connectivity index (χ1) is 22.0. The lowest BCUT2D eigenvalue weighted by molar-refractivity contribution is -0.116. The molecule has 0 aliphatic carbocycles. The number of carbonyl (C=O) groups excluding carboxylic acids is 2. The molecule has 1 aliphatic rings. The highest BCUT2D eigenvalue weighted by Gasteiger charge is 2.20. The minimum Gasteiger partial charge on any atom is -0.386 e. The summed E-state index contributed by atoms with van der Waals surface area (Å²) in [6, 6.07) is 25.1. The molecule has 2 atom stereocenters. The second kappa shape index (κ2) is 16.6. The summed E-state index contributed by atoms with van der Waals surface area (Å²) in [6.07, 6.45) is 3.73. The van der Waals surface area contributed by atoms with Crippen molar-refractivity contribution in [1.82, 2.24) is 4.98 Å². The molecule has 0 fully saturated rings. The van der Waals surface area contributed by atoms with Crippen molar-refractivity contribution in [1.29, 1.82) is 0 Å². The number of amides is 1. The maximum Gasteiger partial charge on any atom is 0.226 e. The van der Waals surface area contributed by atoms with Crippen molar-refractivity contribution in [2.75, 3.05) is 28.3 Å². The molecule has 46 heavy (non-hydrogen) atoms. The SMILES string of the molecule is CC.CNc1cccc(-c2ccc(C(C)(C)C)cc2)c1N[C@H](C)CC=O.Cc1cc(-c2cccc3c2N[C@H](C)CC(=O)N3)ccn1. The summed E-state index contributed by atoms with van der Waals surface area (Å²) in [7, 11) is 1.91. The molecule has 0 spiro atoms. The van der Waals surface area contributed by atoms with E-state index in [1.165, 1.54) is 11.1 Å². The molecule has 2 heterocycles. The smallest absolute Gasteiger partial charge is 0.226 e. The van der Waals surface area contributed by atoms with Gasteiger partial charge in [-0.1, -0.05) is 83.1 Å². The number of hydrogen-bond donors (Lipinski definition) is 4. The molecule has 0 radical (unpaired) electrons. The van der Waals surface area contributed by atoms with Gasteiger partial charge in [0, 0.05) is 55.0 Å². The van der Waals surface area contributed by atoms with Gasteiger partial charge in [0.25, 0.3) is 0 Å². The normalized spacial score (nSPS) is 14.4. The minimum atomic E-state index is 0.0480. The number of carbonyl (C=O) groups is 2. The number of pyridine rings is 1. The first kappa shape index (κ1) is 35.8. The van der Waals surface area contributed by atoms with Gasteiger partial charge in [-0.3, -0.25) is 9.78 Å². The van der Waals surface area contributed by atoms with Crippen LogP contribution >= 0.6 is 0 Å². The Kier molecular flexibility index (Phi) is 12.9. The van der Waals surface area contributed by atoms with Crippen molar-refractivity contribution in [2.24, 2.45) is 0 Å². The fourth-order valence-corrected chi connectivity index (χ4v) is 5.30. The van der Waals surface area contributed by atoms with Crippen molar-refractivity contribution in [3.8, 4) is 22.3 Å². The third-order valence-electron chi connectivity index (χ3n) is 7.66. The summed E-state index contributed by atoms with van der Waals surface area (Å²) in [5.41, 5.74) is 10.8. The Balaban J connectivity index is 0.000000241. The van der Waals surface area contributed by atoms with Crippen LogP contribution in [0.5, 0.6) is 0 Å². The quantitative estimate of drug-likeness (QED) is 0.154. The molecule has 7 nitrogen and oxygen atoms in total. The summed E-state index contributed by atoms with van der Waals surface area (Å²) in [5.74, 6) is 0.0480. The lowest BCUT2D eigenvalue weighted by Crippen LogP contribution is -2.19. The van der Waals surface area contributed by atoms with Gasteiger partial charge in [0.05, 0.1) is 22.7 Å². The molecule has 0 bridgehead atoms. The Labute approximate surface area is 275 Å². The van der Waals surface area contributed by atoms with Crippen LogP contribution in [-0.4, -0.2) is 36.3 Å². The van der Waals surface area contributed by atoms with E-state index in [1.807, 2.05) is 72.1 Å². The molecule has 0 saturated carbocycles. The van der Waals surface area contributed by atoms with Gasteiger partial charge in [-0.05, 0) is 67.1 Å². The number of rotatable bonds is 7. The molecule has 0 saturated heterocycles. The fraction of sp³-hybridized carbons (Fsp3) is 0.359. The van der Waals surface area contributed by atoms with Crippen molar-refractivity contribution >= 4 is 34.9 Å². The average Bonchev–Trinajstić information content (AvgIpc) is 3.18. The van der Waals surface area contributed by atoms with Crippen molar-refractivity contribution in [3.05, 3.63) is 90.3 Å². The lowest BCUT2D eigenvalue weighted by Gasteiger charge is -2.22. The first-order valence-electron chi connectivity index (χ1n) is 16.2. The third-order valence-corrected chi connectivity index (χ3v) is 7.66. The molecule has 7 heteroatoms. The number of anilines is 4. The largest absolute Gasteiger partial charge is 0.386 e. The van der Waals surface area contributed by atoms with Crippen LogP contribution in [0.3, 0.4) is 0 Å². The molecular formula is C39H51N5O2. The number of aromatic nitrogens is 1. The zero-order valence-corrected chi connectivity index (χ0v) is 28.9. The zero-order chi connectivity index (χ0) is 33.9. The number of nitrogens with zero attached hydrogens (tertiary/aromatic N) is 1. The Morgan fingerprint density at radius 3 is 2.28 bits per heavy atom. The highest BCUT2D eigenvalue weighted by atomic mass is 16.1. The van der Waals surface area contributed by atoms with E-state index in [1.54, 1.807) is 0 Å². The van der Waals surface area contributed by atoms with Gasteiger partial charge < -0.3 is 26.1 Å². The lowest BCUT2D eigenvalue weighted by atomic mass is 9.86. The van der Waals surface area contributed by atoms with Crippen LogP contribution < -0.4 is 21.3 Å². The van der Waals surface area contributed by atoms with Crippen LogP contribution in [0.2, 0.25) is 0 Å². The van der Waals surface area contributed by atoms with E-state index in [9.17, 15) is 9.59 Å². The summed E-state index contributed by atoms with van der Waals surface area (Å²) >= 11 is 0. The van der Waals surface area contributed by atoms with Crippen molar-refractivity contribution < 1.29 is 9.59 Å². The van der Waals surface area contributed by atoms with Gasteiger partial charge in [-0.25, -0.2) is 0 Å². The van der Waals surface area contributed by atoms with E-state index in [4.69, 9.17) is 0 Å². The number of nitrogens with one attached hydrogen (secondary N) is 4. The molecule has 1 aliphatic heterocycles. The van der Waals surface area contributed by atoms with Gasteiger partial charge in [0.2, 0.25) is 5.91 Å². The average molecular weight is 622 g/mol.